The van der Waals surface area contributed by atoms with Gasteiger partial charge in [0.2, 0.25) is 5.91 Å². The number of hydrogen-bond donors (Lipinski definition) is 1. The third-order valence-electron chi connectivity index (χ3n) is 3.70. The Kier molecular flexibility index (Phi) is 6.46. The molecule has 0 fully saturated rings. The van der Waals surface area contributed by atoms with Crippen LogP contribution in [0.4, 0.5) is 5.69 Å². The van der Waals surface area contributed by atoms with E-state index in [9.17, 15) is 4.79 Å². The third kappa shape index (κ3) is 5.11. The molecule has 0 spiro atoms. The monoisotopic (exact) mass is 413 g/mol. The van der Waals surface area contributed by atoms with E-state index in [-0.39, 0.29) is 12.0 Å². The van der Waals surface area contributed by atoms with Gasteiger partial charge in [0.15, 0.2) is 17.3 Å². The van der Waals surface area contributed by atoms with Gasteiger partial charge < -0.3 is 14.8 Å². The summed E-state index contributed by atoms with van der Waals surface area (Å²) in [7, 11) is 1.53. The van der Waals surface area contributed by atoms with Crippen LogP contribution in [0.2, 0.25) is 5.02 Å². The first-order valence-corrected chi connectivity index (χ1v) is 9.19. The molecule has 0 unspecified atom stereocenters. The van der Waals surface area contributed by atoms with Crippen molar-refractivity contribution in [2.45, 2.75) is 20.0 Å². The molecule has 0 saturated heterocycles. The maximum Gasteiger partial charge on any atom is 0.248 e. The molecule has 1 aromatic carbocycles. The van der Waals surface area contributed by atoms with Gasteiger partial charge in [-0.15, -0.1) is 0 Å². The number of methoxy groups -OCH3 is 1. The summed E-state index contributed by atoms with van der Waals surface area (Å²) in [5.74, 6) is 1.07. The molecule has 3 rings (SSSR count). The number of hydrogen-bond acceptors (Lipinski definition) is 6. The van der Waals surface area contributed by atoms with Crippen molar-refractivity contribution in [2.24, 2.45) is 0 Å². The highest BCUT2D eigenvalue weighted by Crippen LogP contribution is 2.37. The zero-order valence-corrected chi connectivity index (χ0v) is 16.9. The summed E-state index contributed by atoms with van der Waals surface area (Å²) in [6.45, 7) is 3.80. The van der Waals surface area contributed by atoms with Gasteiger partial charge in [-0.3, -0.25) is 4.79 Å². The summed E-state index contributed by atoms with van der Waals surface area (Å²) >= 11 is 6.31. The molecule has 3 aromatic rings. The Morgan fingerprint density at radius 2 is 2.17 bits per heavy atom. The number of aromatic nitrogens is 4. The smallest absolute Gasteiger partial charge is 0.248 e. The lowest BCUT2D eigenvalue weighted by molar-refractivity contribution is -0.111. The topological polar surface area (TPSA) is 91.2 Å². The van der Waals surface area contributed by atoms with Crippen LogP contribution in [0.5, 0.6) is 11.5 Å². The SMILES string of the molecule is COc1cc(C=CC(=O)Nc2cncnc2-n2cccn2)cc(Cl)c1OC(C)C. The van der Waals surface area contributed by atoms with E-state index in [0.717, 1.165) is 0 Å². The summed E-state index contributed by atoms with van der Waals surface area (Å²) in [4.78, 5) is 20.5. The van der Waals surface area contributed by atoms with Crippen molar-refractivity contribution in [3.8, 4) is 17.3 Å². The Morgan fingerprint density at radius 3 is 2.86 bits per heavy atom. The first-order chi connectivity index (χ1) is 14.0. The minimum Gasteiger partial charge on any atom is -0.493 e. The molecule has 0 bridgehead atoms. The second-order valence-corrected chi connectivity index (χ2v) is 6.64. The number of halogens is 1. The maximum atomic E-state index is 12.4. The average molecular weight is 414 g/mol. The fraction of sp³-hybridized carbons (Fsp3) is 0.200. The lowest BCUT2D eigenvalue weighted by Gasteiger charge is -2.15. The van der Waals surface area contributed by atoms with Crippen molar-refractivity contribution in [1.29, 1.82) is 0 Å². The van der Waals surface area contributed by atoms with Crippen LogP contribution in [0.15, 0.2) is 49.2 Å². The highest BCUT2D eigenvalue weighted by atomic mass is 35.5. The van der Waals surface area contributed by atoms with Crippen molar-refractivity contribution in [2.75, 3.05) is 12.4 Å². The number of carbonyl (C=O) groups excluding carboxylic acids is 1. The van der Waals surface area contributed by atoms with E-state index in [4.69, 9.17) is 21.1 Å². The van der Waals surface area contributed by atoms with Crippen LogP contribution in [-0.4, -0.2) is 38.9 Å². The number of rotatable bonds is 7. The summed E-state index contributed by atoms with van der Waals surface area (Å²) in [5.41, 5.74) is 1.12. The Labute approximate surface area is 173 Å². The van der Waals surface area contributed by atoms with Gasteiger partial charge in [-0.05, 0) is 43.7 Å². The van der Waals surface area contributed by atoms with Gasteiger partial charge in [0.1, 0.15) is 12.0 Å². The van der Waals surface area contributed by atoms with Crippen LogP contribution in [0.25, 0.3) is 11.9 Å². The first-order valence-electron chi connectivity index (χ1n) is 8.81. The molecule has 1 amide bonds. The maximum absolute atomic E-state index is 12.4. The van der Waals surface area contributed by atoms with Crippen LogP contribution in [0, 0.1) is 0 Å². The molecule has 0 saturated carbocycles. The minimum atomic E-state index is -0.356. The average Bonchev–Trinajstić information content (AvgIpc) is 3.23. The van der Waals surface area contributed by atoms with Crippen LogP contribution in [0.1, 0.15) is 19.4 Å². The predicted octanol–water partition coefficient (Wildman–Crippen LogP) is 3.76. The van der Waals surface area contributed by atoms with Gasteiger partial charge >= 0.3 is 0 Å². The van der Waals surface area contributed by atoms with Gasteiger partial charge in [-0.1, -0.05) is 11.6 Å². The largest absolute Gasteiger partial charge is 0.493 e. The van der Waals surface area contributed by atoms with Crippen molar-refractivity contribution in [3.05, 3.63) is 59.8 Å². The molecule has 0 aliphatic carbocycles. The molecule has 0 radical (unpaired) electrons. The van der Waals surface area contributed by atoms with Crippen molar-refractivity contribution in [1.82, 2.24) is 19.7 Å². The summed E-state index contributed by atoms with van der Waals surface area (Å²) in [6.07, 6.45) is 9.20. The molecule has 2 aromatic heterocycles. The van der Waals surface area contributed by atoms with Crippen LogP contribution in [-0.2, 0) is 4.79 Å². The molecule has 9 heteroatoms. The van der Waals surface area contributed by atoms with E-state index >= 15 is 0 Å². The van der Waals surface area contributed by atoms with Gasteiger partial charge in [-0.25, -0.2) is 14.6 Å². The zero-order valence-electron chi connectivity index (χ0n) is 16.2. The Hall–Kier alpha value is -3.39. The molecule has 0 atom stereocenters. The van der Waals surface area contributed by atoms with Gasteiger partial charge in [-0.2, -0.15) is 5.10 Å². The standard InChI is InChI=1S/C20H20ClN5O3/c1-13(2)29-19-15(21)9-14(10-17(19)28-3)5-6-18(27)25-16-11-22-12-23-20(16)26-8-4-7-24-26/h4-13H,1-3H3,(H,25,27). The lowest BCUT2D eigenvalue weighted by atomic mass is 10.2. The van der Waals surface area contributed by atoms with Gasteiger partial charge in [0, 0.05) is 18.5 Å². The molecule has 0 aliphatic heterocycles. The number of carbonyl (C=O) groups is 1. The Morgan fingerprint density at radius 1 is 1.34 bits per heavy atom. The number of ether oxygens (including phenoxy) is 2. The highest BCUT2D eigenvalue weighted by Gasteiger charge is 2.13. The second-order valence-electron chi connectivity index (χ2n) is 6.23. The third-order valence-corrected chi connectivity index (χ3v) is 3.98. The molecule has 29 heavy (non-hydrogen) atoms. The molecule has 150 valence electrons. The van der Waals surface area contributed by atoms with E-state index in [1.54, 1.807) is 41.4 Å². The molecular formula is C20H20ClN5O3. The number of nitrogens with zero attached hydrogens (tertiary/aromatic N) is 4. The van der Waals surface area contributed by atoms with E-state index in [1.807, 2.05) is 13.8 Å². The molecule has 0 aliphatic rings. The molecule has 2 heterocycles. The van der Waals surface area contributed by atoms with Crippen LogP contribution in [0.3, 0.4) is 0 Å². The number of benzene rings is 1. The van der Waals surface area contributed by atoms with Crippen LogP contribution < -0.4 is 14.8 Å². The number of nitrogens with one attached hydrogen (secondary N) is 1. The van der Waals surface area contributed by atoms with Crippen molar-refractivity contribution >= 4 is 29.3 Å². The van der Waals surface area contributed by atoms with E-state index in [2.05, 4.69) is 20.4 Å². The zero-order chi connectivity index (χ0) is 20.8. The quantitative estimate of drug-likeness (QED) is 0.593. The predicted molar refractivity (Wildman–Crippen MR) is 111 cm³/mol. The first kappa shape index (κ1) is 20.3. The van der Waals surface area contributed by atoms with E-state index in [0.29, 0.717) is 33.6 Å². The highest BCUT2D eigenvalue weighted by molar-refractivity contribution is 6.32. The summed E-state index contributed by atoms with van der Waals surface area (Å²) < 4.78 is 12.6. The fourth-order valence-corrected chi connectivity index (χ4v) is 2.78. The summed E-state index contributed by atoms with van der Waals surface area (Å²) in [6, 6.07) is 5.21. The Bertz CT molecular complexity index is 1020. The number of anilines is 1. The van der Waals surface area contributed by atoms with E-state index in [1.165, 1.54) is 25.7 Å². The van der Waals surface area contributed by atoms with Gasteiger partial charge in [0.25, 0.3) is 0 Å². The van der Waals surface area contributed by atoms with Crippen molar-refractivity contribution < 1.29 is 14.3 Å². The number of amides is 1. The van der Waals surface area contributed by atoms with Crippen molar-refractivity contribution in [3.63, 3.8) is 0 Å². The van der Waals surface area contributed by atoms with E-state index < -0.39 is 0 Å². The lowest BCUT2D eigenvalue weighted by Crippen LogP contribution is -2.12. The molecular weight excluding hydrogens is 394 g/mol. The minimum absolute atomic E-state index is 0.0503. The second kappa shape index (κ2) is 9.20. The molecule has 1 N–H and O–H groups in total. The summed E-state index contributed by atoms with van der Waals surface area (Å²) in [5, 5.41) is 7.27. The Balaban J connectivity index is 1.78. The fourth-order valence-electron chi connectivity index (χ4n) is 2.52. The normalized spacial score (nSPS) is 11.1. The van der Waals surface area contributed by atoms with Crippen LogP contribution >= 0.6 is 11.6 Å². The molecule has 8 nitrogen and oxygen atoms in total. The van der Waals surface area contributed by atoms with Gasteiger partial charge in [0.05, 0.1) is 24.4 Å².